The standard InChI is InChI=1S/C30H48FNO3/c1-4-5-6-7-8-9-11-14-23(2)28(33)35-29-30(16-12-10-13-17-30)18-15-26(32-29)20-24-19-25(31)22-27(21-24)34-3/h19,21-23,26,29,32H,4-18,20H2,1-3H3. The van der Waals surface area contributed by atoms with Gasteiger partial charge in [-0.15, -0.1) is 0 Å². The Labute approximate surface area is 212 Å². The lowest BCUT2D eigenvalue weighted by Crippen LogP contribution is -2.57. The molecule has 1 spiro atoms. The average Bonchev–Trinajstić information content (AvgIpc) is 2.85. The lowest BCUT2D eigenvalue weighted by molar-refractivity contribution is -0.172. The zero-order chi connectivity index (χ0) is 25.1. The van der Waals surface area contributed by atoms with Crippen molar-refractivity contribution in [1.29, 1.82) is 0 Å². The van der Waals surface area contributed by atoms with Crippen molar-refractivity contribution in [3.05, 3.63) is 29.6 Å². The molecule has 1 aromatic carbocycles. The van der Waals surface area contributed by atoms with Crippen LogP contribution in [0.15, 0.2) is 18.2 Å². The van der Waals surface area contributed by atoms with E-state index in [1.807, 2.05) is 13.0 Å². The Morgan fingerprint density at radius 2 is 1.77 bits per heavy atom. The van der Waals surface area contributed by atoms with E-state index in [0.29, 0.717) is 12.2 Å². The molecule has 3 atom stereocenters. The highest BCUT2D eigenvalue weighted by molar-refractivity contribution is 5.72. The molecule has 3 rings (SSSR count). The Morgan fingerprint density at radius 1 is 1.06 bits per heavy atom. The molecule has 0 aromatic heterocycles. The van der Waals surface area contributed by atoms with E-state index >= 15 is 0 Å². The van der Waals surface area contributed by atoms with Crippen molar-refractivity contribution in [2.24, 2.45) is 11.3 Å². The fourth-order valence-corrected chi connectivity index (χ4v) is 6.05. The summed E-state index contributed by atoms with van der Waals surface area (Å²) >= 11 is 0. The van der Waals surface area contributed by atoms with Crippen molar-refractivity contribution >= 4 is 5.97 Å². The largest absolute Gasteiger partial charge is 0.497 e. The molecule has 5 heteroatoms. The third kappa shape index (κ3) is 8.48. The van der Waals surface area contributed by atoms with Crippen LogP contribution in [0.25, 0.3) is 0 Å². The monoisotopic (exact) mass is 489 g/mol. The van der Waals surface area contributed by atoms with Crippen LogP contribution in [-0.4, -0.2) is 25.3 Å². The number of carbonyl (C=O) groups is 1. The fraction of sp³-hybridized carbons (Fsp3) is 0.767. The van der Waals surface area contributed by atoms with Gasteiger partial charge in [0.1, 0.15) is 11.6 Å². The molecule has 1 aromatic rings. The molecule has 1 aliphatic carbocycles. The molecule has 1 N–H and O–H groups in total. The highest BCUT2D eigenvalue weighted by atomic mass is 19.1. The van der Waals surface area contributed by atoms with E-state index < -0.39 is 0 Å². The average molecular weight is 490 g/mol. The van der Waals surface area contributed by atoms with Gasteiger partial charge >= 0.3 is 5.97 Å². The molecule has 198 valence electrons. The maximum atomic E-state index is 14.0. The second-order valence-corrected chi connectivity index (χ2v) is 11.2. The summed E-state index contributed by atoms with van der Waals surface area (Å²) in [5.41, 5.74) is 0.958. The van der Waals surface area contributed by atoms with E-state index in [-0.39, 0.29) is 35.4 Å². The first-order chi connectivity index (χ1) is 17.0. The van der Waals surface area contributed by atoms with Crippen LogP contribution in [0.5, 0.6) is 5.75 Å². The Morgan fingerprint density at radius 3 is 2.49 bits per heavy atom. The zero-order valence-corrected chi connectivity index (χ0v) is 22.4. The Kier molecular flexibility index (Phi) is 11.3. The first-order valence-corrected chi connectivity index (χ1v) is 14.3. The molecule has 1 saturated heterocycles. The van der Waals surface area contributed by atoms with E-state index in [1.54, 1.807) is 13.2 Å². The van der Waals surface area contributed by atoms with Gasteiger partial charge in [-0.2, -0.15) is 0 Å². The van der Waals surface area contributed by atoms with Crippen molar-refractivity contribution in [3.8, 4) is 5.75 Å². The molecule has 35 heavy (non-hydrogen) atoms. The minimum Gasteiger partial charge on any atom is -0.497 e. The topological polar surface area (TPSA) is 47.6 Å². The quantitative estimate of drug-likeness (QED) is 0.227. The van der Waals surface area contributed by atoms with Gasteiger partial charge in [0.15, 0.2) is 6.23 Å². The highest BCUT2D eigenvalue weighted by Crippen LogP contribution is 2.46. The Hall–Kier alpha value is -1.62. The fourth-order valence-electron chi connectivity index (χ4n) is 6.05. The Balaban J connectivity index is 1.56. The van der Waals surface area contributed by atoms with Gasteiger partial charge in [0, 0.05) is 17.5 Å². The first-order valence-electron chi connectivity index (χ1n) is 14.3. The van der Waals surface area contributed by atoms with Crippen molar-refractivity contribution in [2.45, 2.75) is 129 Å². The number of halogens is 1. The summed E-state index contributed by atoms with van der Waals surface area (Å²) in [7, 11) is 1.56. The third-order valence-electron chi connectivity index (χ3n) is 8.31. The number of unbranched alkanes of at least 4 members (excludes halogenated alkanes) is 6. The molecular weight excluding hydrogens is 441 g/mol. The van der Waals surface area contributed by atoms with Crippen LogP contribution in [0.1, 0.15) is 116 Å². The lowest BCUT2D eigenvalue weighted by atomic mass is 9.67. The van der Waals surface area contributed by atoms with Crippen LogP contribution in [-0.2, 0) is 16.0 Å². The molecule has 3 unspecified atom stereocenters. The number of nitrogens with one attached hydrogen (secondary N) is 1. The van der Waals surface area contributed by atoms with Gasteiger partial charge in [0.05, 0.1) is 13.0 Å². The van der Waals surface area contributed by atoms with Crippen molar-refractivity contribution in [3.63, 3.8) is 0 Å². The van der Waals surface area contributed by atoms with Crippen LogP contribution >= 0.6 is 0 Å². The number of piperidine rings is 1. The second-order valence-electron chi connectivity index (χ2n) is 11.2. The van der Waals surface area contributed by atoms with E-state index in [4.69, 9.17) is 9.47 Å². The number of carbonyl (C=O) groups excluding carboxylic acids is 1. The predicted octanol–water partition coefficient (Wildman–Crippen LogP) is 7.73. The minimum absolute atomic E-state index is 0.0447. The van der Waals surface area contributed by atoms with Crippen LogP contribution in [0.3, 0.4) is 0 Å². The maximum Gasteiger partial charge on any atom is 0.310 e. The van der Waals surface area contributed by atoms with Gasteiger partial charge in [-0.25, -0.2) is 4.39 Å². The Bertz CT molecular complexity index is 777. The van der Waals surface area contributed by atoms with Gasteiger partial charge < -0.3 is 9.47 Å². The van der Waals surface area contributed by atoms with E-state index in [0.717, 1.165) is 44.1 Å². The SMILES string of the molecule is CCCCCCCCCC(C)C(=O)OC1NC(Cc2cc(F)cc(OC)c2)CCC12CCCCC2. The number of hydrogen-bond acceptors (Lipinski definition) is 4. The second kappa shape index (κ2) is 14.2. The number of rotatable bonds is 13. The van der Waals surface area contributed by atoms with E-state index in [9.17, 15) is 9.18 Å². The maximum absolute atomic E-state index is 14.0. The van der Waals surface area contributed by atoms with Gasteiger partial charge in [0.2, 0.25) is 0 Å². The predicted molar refractivity (Wildman–Crippen MR) is 140 cm³/mol. The summed E-state index contributed by atoms with van der Waals surface area (Å²) in [5, 5.41) is 3.69. The molecule has 2 aliphatic rings. The van der Waals surface area contributed by atoms with E-state index in [2.05, 4.69) is 12.2 Å². The molecule has 4 nitrogen and oxygen atoms in total. The smallest absolute Gasteiger partial charge is 0.310 e. The van der Waals surface area contributed by atoms with Crippen LogP contribution in [0, 0.1) is 17.2 Å². The molecule has 1 heterocycles. The first kappa shape index (κ1) is 28.0. The minimum atomic E-state index is -0.277. The summed E-state index contributed by atoms with van der Waals surface area (Å²) < 4.78 is 25.5. The molecule has 1 aliphatic heterocycles. The summed E-state index contributed by atoms with van der Waals surface area (Å²) in [6.45, 7) is 4.26. The van der Waals surface area contributed by atoms with Crippen LogP contribution < -0.4 is 10.1 Å². The summed E-state index contributed by atoms with van der Waals surface area (Å²) in [4.78, 5) is 13.1. The third-order valence-corrected chi connectivity index (χ3v) is 8.31. The van der Waals surface area contributed by atoms with Crippen molar-refractivity contribution in [2.75, 3.05) is 7.11 Å². The number of esters is 1. The van der Waals surface area contributed by atoms with Gasteiger partial charge in [0.25, 0.3) is 0 Å². The van der Waals surface area contributed by atoms with Gasteiger partial charge in [-0.05, 0) is 56.2 Å². The highest BCUT2D eigenvalue weighted by Gasteiger charge is 2.46. The molecule has 1 saturated carbocycles. The molecule has 2 fully saturated rings. The van der Waals surface area contributed by atoms with E-state index in [1.165, 1.54) is 63.9 Å². The zero-order valence-electron chi connectivity index (χ0n) is 22.4. The summed E-state index contributed by atoms with van der Waals surface area (Å²) in [6, 6.07) is 5.05. The molecule has 0 amide bonds. The number of benzene rings is 1. The van der Waals surface area contributed by atoms with Crippen LogP contribution in [0.2, 0.25) is 0 Å². The van der Waals surface area contributed by atoms with Gasteiger partial charge in [-0.1, -0.05) is 78.1 Å². The van der Waals surface area contributed by atoms with Crippen LogP contribution in [0.4, 0.5) is 4.39 Å². The summed E-state index contributed by atoms with van der Waals surface area (Å²) in [5.74, 6) is 0.134. The lowest BCUT2D eigenvalue weighted by Gasteiger charge is -2.49. The number of methoxy groups -OCH3 is 1. The molecule has 0 bridgehead atoms. The van der Waals surface area contributed by atoms with Gasteiger partial charge in [-0.3, -0.25) is 10.1 Å². The number of ether oxygens (including phenoxy) is 2. The van der Waals surface area contributed by atoms with Crippen molar-refractivity contribution < 1.29 is 18.7 Å². The number of hydrogen-bond donors (Lipinski definition) is 1. The molecular formula is C30H48FNO3. The summed E-state index contributed by atoms with van der Waals surface area (Å²) in [6.07, 6.45) is 18.1. The molecule has 0 radical (unpaired) electrons. The normalized spacial score (nSPS) is 22.6. The van der Waals surface area contributed by atoms with Crippen molar-refractivity contribution in [1.82, 2.24) is 5.32 Å².